The third-order valence-electron chi connectivity index (χ3n) is 5.53. The van der Waals surface area contributed by atoms with E-state index in [1.807, 2.05) is 0 Å². The van der Waals surface area contributed by atoms with Crippen LogP contribution in [-0.2, 0) is 19.2 Å². The molecule has 10 heteroatoms. The summed E-state index contributed by atoms with van der Waals surface area (Å²) >= 11 is 0. The molecule has 2 saturated heterocycles. The van der Waals surface area contributed by atoms with E-state index in [4.69, 9.17) is 5.11 Å². The first-order valence-electron chi connectivity index (χ1n) is 10.1. The molecular formula is C19H33ClN4O5. The number of rotatable bonds is 8. The van der Waals surface area contributed by atoms with Crippen LogP contribution in [0.2, 0.25) is 0 Å². The highest BCUT2D eigenvalue weighted by Crippen LogP contribution is 2.21. The predicted molar refractivity (Wildman–Crippen MR) is 110 cm³/mol. The van der Waals surface area contributed by atoms with Gasteiger partial charge in [0.25, 0.3) is 0 Å². The van der Waals surface area contributed by atoms with Gasteiger partial charge in [-0.1, -0.05) is 0 Å². The molecule has 0 aliphatic carbocycles. The molecule has 2 heterocycles. The predicted octanol–water partition coefficient (Wildman–Crippen LogP) is 0.132. The zero-order chi connectivity index (χ0) is 20.5. The number of aliphatic carboxylic acids is 1. The van der Waals surface area contributed by atoms with Crippen LogP contribution in [0.1, 0.15) is 45.4 Å². The maximum Gasteiger partial charge on any atom is 0.328 e. The van der Waals surface area contributed by atoms with E-state index < -0.39 is 17.9 Å². The molecule has 1 unspecified atom stereocenters. The molecule has 0 aromatic heterocycles. The van der Waals surface area contributed by atoms with Crippen molar-refractivity contribution in [3.05, 3.63) is 0 Å². The minimum Gasteiger partial charge on any atom is -0.480 e. The van der Waals surface area contributed by atoms with Gasteiger partial charge in [0.2, 0.25) is 17.7 Å². The summed E-state index contributed by atoms with van der Waals surface area (Å²) in [5.74, 6) is -1.59. The van der Waals surface area contributed by atoms with Crippen molar-refractivity contribution < 1.29 is 24.3 Å². The highest BCUT2D eigenvalue weighted by Gasteiger charge is 2.29. The first-order chi connectivity index (χ1) is 13.4. The normalized spacial score (nSPS) is 20.9. The van der Waals surface area contributed by atoms with E-state index in [-0.39, 0.29) is 36.7 Å². The Bertz CT molecular complexity index is 583. The van der Waals surface area contributed by atoms with Crippen molar-refractivity contribution >= 4 is 36.1 Å². The Labute approximate surface area is 177 Å². The van der Waals surface area contributed by atoms with Crippen molar-refractivity contribution in [1.29, 1.82) is 0 Å². The van der Waals surface area contributed by atoms with Crippen molar-refractivity contribution in [2.45, 2.75) is 51.5 Å². The molecular weight excluding hydrogens is 400 g/mol. The number of carbonyl (C=O) groups excluding carboxylic acids is 3. The Balaban J connectivity index is 0.00000420. The fourth-order valence-electron chi connectivity index (χ4n) is 3.87. The summed E-state index contributed by atoms with van der Waals surface area (Å²) in [7, 11) is 0. The Morgan fingerprint density at radius 2 is 1.86 bits per heavy atom. The molecule has 2 aliphatic heterocycles. The summed E-state index contributed by atoms with van der Waals surface area (Å²) in [5.41, 5.74) is 0. The zero-order valence-corrected chi connectivity index (χ0v) is 17.8. The summed E-state index contributed by atoms with van der Waals surface area (Å²) in [6, 6.07) is -1.16. The summed E-state index contributed by atoms with van der Waals surface area (Å²) in [6.45, 7) is 4.12. The molecule has 166 valence electrons. The van der Waals surface area contributed by atoms with Gasteiger partial charge >= 0.3 is 5.97 Å². The molecule has 0 aromatic rings. The number of nitrogens with zero attached hydrogens (tertiary/aromatic N) is 1. The molecule has 0 spiro atoms. The highest BCUT2D eigenvalue weighted by atomic mass is 35.5. The molecule has 3 amide bonds. The number of hydrogen-bond acceptors (Lipinski definition) is 5. The highest BCUT2D eigenvalue weighted by molar-refractivity contribution is 5.85. The molecule has 0 bridgehead atoms. The van der Waals surface area contributed by atoms with Crippen molar-refractivity contribution in [1.82, 2.24) is 20.9 Å². The first kappa shape index (κ1) is 25.2. The maximum atomic E-state index is 12.5. The number of hydrogen-bond donors (Lipinski definition) is 4. The Kier molecular flexibility index (Phi) is 11.0. The molecule has 0 aromatic carbocycles. The fourth-order valence-corrected chi connectivity index (χ4v) is 3.87. The quantitative estimate of drug-likeness (QED) is 0.431. The monoisotopic (exact) mass is 432 g/mol. The van der Waals surface area contributed by atoms with Crippen LogP contribution in [-0.4, -0.2) is 72.5 Å². The molecule has 29 heavy (non-hydrogen) atoms. The van der Waals surface area contributed by atoms with Gasteiger partial charge < -0.3 is 26.0 Å². The summed E-state index contributed by atoms with van der Waals surface area (Å²) < 4.78 is 0. The molecule has 2 aliphatic rings. The standard InChI is InChI=1S/C19H32N4O5.ClH/c1-13(24)22-16(19(27)28)11-21-18(26)15-3-2-10-23(12-15)17(25)5-4-14-6-8-20-9-7-14;/h14-16,20H,2-12H2,1H3,(H,21,26)(H,22,24)(H,27,28);1H/t15-,16?;/m1./s1. The summed E-state index contributed by atoms with van der Waals surface area (Å²) in [4.78, 5) is 48.9. The molecule has 4 N–H and O–H groups in total. The Morgan fingerprint density at radius 1 is 1.17 bits per heavy atom. The van der Waals surface area contributed by atoms with E-state index in [2.05, 4.69) is 16.0 Å². The fraction of sp³-hybridized carbons (Fsp3) is 0.789. The third kappa shape index (κ3) is 8.57. The number of piperidine rings is 2. The van der Waals surface area contributed by atoms with Gasteiger partial charge in [0, 0.05) is 33.0 Å². The Morgan fingerprint density at radius 3 is 2.48 bits per heavy atom. The van der Waals surface area contributed by atoms with Gasteiger partial charge in [-0.2, -0.15) is 0 Å². The van der Waals surface area contributed by atoms with Gasteiger partial charge in [-0.3, -0.25) is 14.4 Å². The third-order valence-corrected chi connectivity index (χ3v) is 5.53. The van der Waals surface area contributed by atoms with Crippen molar-refractivity contribution in [3.8, 4) is 0 Å². The van der Waals surface area contributed by atoms with E-state index in [1.165, 1.54) is 6.92 Å². The van der Waals surface area contributed by atoms with E-state index in [0.29, 0.717) is 31.8 Å². The van der Waals surface area contributed by atoms with Crippen LogP contribution in [0.15, 0.2) is 0 Å². The minimum absolute atomic E-state index is 0. The van der Waals surface area contributed by atoms with Crippen molar-refractivity contribution in [2.24, 2.45) is 11.8 Å². The van der Waals surface area contributed by atoms with Gasteiger partial charge in [-0.25, -0.2) is 4.79 Å². The smallest absolute Gasteiger partial charge is 0.328 e. The lowest BCUT2D eigenvalue weighted by Gasteiger charge is -2.33. The summed E-state index contributed by atoms with van der Waals surface area (Å²) in [6.07, 6.45) is 5.05. The number of halogens is 1. The summed E-state index contributed by atoms with van der Waals surface area (Å²) in [5, 5.41) is 17.3. The lowest BCUT2D eigenvalue weighted by molar-refractivity contribution is -0.141. The average molecular weight is 433 g/mol. The largest absolute Gasteiger partial charge is 0.480 e. The maximum absolute atomic E-state index is 12.5. The van der Waals surface area contributed by atoms with E-state index in [0.717, 1.165) is 38.8 Å². The number of likely N-dealkylation sites (tertiary alicyclic amines) is 1. The molecule has 2 atom stereocenters. The van der Waals surface area contributed by atoms with Crippen LogP contribution in [0.25, 0.3) is 0 Å². The molecule has 2 rings (SSSR count). The van der Waals surface area contributed by atoms with Gasteiger partial charge in [0.15, 0.2) is 0 Å². The second-order valence-corrected chi connectivity index (χ2v) is 7.75. The van der Waals surface area contributed by atoms with Crippen molar-refractivity contribution in [2.75, 3.05) is 32.7 Å². The lowest BCUT2D eigenvalue weighted by atomic mass is 9.92. The second-order valence-electron chi connectivity index (χ2n) is 7.75. The van der Waals surface area contributed by atoms with Crippen molar-refractivity contribution in [3.63, 3.8) is 0 Å². The van der Waals surface area contributed by atoms with Crippen LogP contribution in [0.3, 0.4) is 0 Å². The van der Waals surface area contributed by atoms with Gasteiger partial charge in [-0.05, 0) is 51.1 Å². The van der Waals surface area contributed by atoms with E-state index in [9.17, 15) is 19.2 Å². The van der Waals surface area contributed by atoms with Gasteiger partial charge in [0.1, 0.15) is 6.04 Å². The SMILES string of the molecule is CC(=O)NC(CNC(=O)[C@@H]1CCCN(C(=O)CCC2CCNCC2)C1)C(=O)O.Cl. The van der Waals surface area contributed by atoms with Crippen LogP contribution in [0.4, 0.5) is 0 Å². The van der Waals surface area contributed by atoms with Crippen LogP contribution in [0, 0.1) is 11.8 Å². The van der Waals surface area contributed by atoms with Crippen LogP contribution < -0.4 is 16.0 Å². The molecule has 9 nitrogen and oxygen atoms in total. The molecule has 0 saturated carbocycles. The van der Waals surface area contributed by atoms with Crippen LogP contribution in [0.5, 0.6) is 0 Å². The topological polar surface area (TPSA) is 128 Å². The number of amides is 3. The molecule has 2 fully saturated rings. The van der Waals surface area contributed by atoms with Gasteiger partial charge in [-0.15, -0.1) is 12.4 Å². The van der Waals surface area contributed by atoms with Gasteiger partial charge in [0.05, 0.1) is 5.92 Å². The van der Waals surface area contributed by atoms with E-state index in [1.54, 1.807) is 4.90 Å². The second kappa shape index (κ2) is 12.6. The molecule has 0 radical (unpaired) electrons. The lowest BCUT2D eigenvalue weighted by Crippen LogP contribution is -2.51. The van der Waals surface area contributed by atoms with Crippen LogP contribution >= 0.6 is 12.4 Å². The zero-order valence-electron chi connectivity index (χ0n) is 16.9. The number of carboxylic acid groups (broad SMARTS) is 1. The number of carbonyl (C=O) groups is 4. The van der Waals surface area contributed by atoms with E-state index >= 15 is 0 Å². The number of nitrogens with one attached hydrogen (secondary N) is 3. The average Bonchev–Trinajstić information content (AvgIpc) is 2.69. The number of carboxylic acids is 1. The minimum atomic E-state index is -1.20. The first-order valence-corrected chi connectivity index (χ1v) is 10.1. The Hall–Kier alpha value is -1.87.